The number of aliphatic carboxylic acids is 7. The Balaban J connectivity index is 4.28. The first-order valence-electron chi connectivity index (χ1n) is 51.4. The zero-order valence-corrected chi connectivity index (χ0v) is 91.6. The smallest absolute Gasteiger partial charge is 0.322 e. The van der Waals surface area contributed by atoms with Crippen molar-refractivity contribution in [3.63, 3.8) is 0 Å². The third-order valence-corrected chi connectivity index (χ3v) is 27.3. The number of likely N-dealkylation sites (N-methyl/N-ethyl adjacent to an activating group) is 7. The molecule has 0 saturated carbocycles. The van der Waals surface area contributed by atoms with Crippen molar-refractivity contribution in [3.8, 4) is 0 Å². The van der Waals surface area contributed by atoms with Crippen LogP contribution in [0, 0.1) is 76.9 Å². The summed E-state index contributed by atoms with van der Waals surface area (Å²) >= 11 is 0. The predicted octanol–water partition coefficient (Wildman–Crippen LogP) is 3.77. The second kappa shape index (κ2) is 65.5. The van der Waals surface area contributed by atoms with Gasteiger partial charge >= 0.3 is 41.8 Å². The van der Waals surface area contributed by atoms with Gasteiger partial charge in [0.05, 0.1) is 42.9 Å². The Hall–Kier alpha value is -12.6. The highest BCUT2D eigenvalue weighted by molar-refractivity contribution is 6.02. The minimum absolute atomic E-state index is 0.0172. The number of amides is 13. The Morgan fingerprint density at radius 2 is 0.753 bits per heavy atom. The Morgan fingerprint density at radius 3 is 1.14 bits per heavy atom. The number of ketones is 6. The van der Waals surface area contributed by atoms with Crippen LogP contribution in [0.4, 0.5) is 0 Å². The monoisotopic (exact) mass is 2130 g/mol. The Labute approximate surface area is 877 Å². The molecular formula is C103H167N13O34. The van der Waals surface area contributed by atoms with E-state index in [0.717, 1.165) is 26.5 Å². The molecule has 0 spiro atoms. The number of carboxylic acids is 7. The van der Waals surface area contributed by atoms with Crippen LogP contribution in [0.3, 0.4) is 0 Å². The molecular weight excluding hydrogens is 1960 g/mol. The summed E-state index contributed by atoms with van der Waals surface area (Å²) in [4.78, 5) is 370. The van der Waals surface area contributed by atoms with Gasteiger partial charge in [-0.25, -0.2) is 0 Å². The van der Waals surface area contributed by atoms with Gasteiger partial charge in [-0.05, 0) is 125 Å². The van der Waals surface area contributed by atoms with Crippen molar-refractivity contribution >= 4 is 153 Å². The first-order chi connectivity index (χ1) is 69.5. The van der Waals surface area contributed by atoms with Gasteiger partial charge in [-0.3, -0.25) is 125 Å². The van der Waals surface area contributed by atoms with E-state index in [4.69, 9.17) is 5.11 Å². The van der Waals surface area contributed by atoms with Crippen LogP contribution in [0.5, 0.6) is 0 Å². The maximum absolute atomic E-state index is 15.8. The third-order valence-electron chi connectivity index (χ3n) is 27.3. The topological polar surface area (TPSA) is 692 Å². The molecule has 13 N–H and O–H groups in total. The highest BCUT2D eigenvalue weighted by Crippen LogP contribution is 2.32. The number of carbonyl (C=O) groups excluding carboxylic acids is 19. The number of nitrogens with zero attached hydrogens (tertiary/aromatic N) is 8. The molecule has 47 heteroatoms. The fourth-order valence-electron chi connectivity index (χ4n) is 18.1. The van der Waals surface area contributed by atoms with Gasteiger partial charge in [0.1, 0.15) is 36.8 Å². The van der Waals surface area contributed by atoms with Crippen molar-refractivity contribution in [1.29, 1.82) is 0 Å². The molecule has 0 aromatic heterocycles. The van der Waals surface area contributed by atoms with Crippen LogP contribution < -0.4 is 26.6 Å². The molecule has 0 radical (unpaired) electrons. The molecule has 0 aliphatic carbocycles. The molecule has 1 saturated heterocycles. The summed E-state index contributed by atoms with van der Waals surface area (Å²) < 4.78 is 0. The van der Waals surface area contributed by atoms with Crippen molar-refractivity contribution in [1.82, 2.24) is 65.8 Å². The lowest BCUT2D eigenvalue weighted by Gasteiger charge is -2.41. The average Bonchev–Trinajstić information content (AvgIpc) is 0.790. The molecule has 1 rings (SSSR count). The van der Waals surface area contributed by atoms with E-state index in [9.17, 15) is 141 Å². The van der Waals surface area contributed by atoms with E-state index < -0.39 is 402 Å². The number of aliphatic hydroxyl groups is 1. The molecule has 47 nitrogen and oxygen atoms in total. The Morgan fingerprint density at radius 1 is 0.387 bits per heavy atom. The van der Waals surface area contributed by atoms with E-state index in [1.54, 1.807) is 62.3 Å². The molecule has 0 unspecified atom stereocenters. The SMILES string of the molecule is CC[C@@H]1CC(=O)[C@H]([C@H](O)[C@H](C)CCN(CCC(=O)N[C@H](CCC(=O)O)C(=O)C[C@H](CCC(=O)O)C(=O)N[C@H](CCC(=O)O)C(=O)C[C@H](CCC(=O)O)C(=O)N[C@H](CCC(=O)O)C(=O)C[C@H](CCC(=O)O)C(=O)NCC(=O)O)C(C)=O)N(C)C(=O)[C@H](C(C)C)N(C)C(=O)[C@H](CC(C)C)N(C)C(=O)[C@H](CC(C)C)N(C)C(=O)[C@@H](C)NC(=O)[C@H](C)CC(=O)[C@H](CC(C)C)N(C)C(=O)[C@H](C(C)C)CC(=O)[C@H](CC(C)C)N(C)C(=O)CN(C)C1=O. The van der Waals surface area contributed by atoms with Crippen LogP contribution in [-0.2, 0) is 125 Å². The number of carbonyl (C=O) groups is 26. The molecule has 0 aromatic carbocycles. The van der Waals surface area contributed by atoms with E-state index in [-0.39, 0.29) is 81.6 Å². The van der Waals surface area contributed by atoms with E-state index in [1.165, 1.54) is 89.7 Å². The zero-order chi connectivity index (χ0) is 116. The second-order valence-electron chi connectivity index (χ2n) is 42.3. The molecule has 150 heavy (non-hydrogen) atoms. The molecule has 0 bridgehead atoms. The zero-order valence-electron chi connectivity index (χ0n) is 91.6. The number of aliphatic hydroxyl groups excluding tert-OH is 1. The van der Waals surface area contributed by atoms with E-state index in [2.05, 4.69) is 21.3 Å². The summed E-state index contributed by atoms with van der Waals surface area (Å²) in [6.07, 6.45) is -16.6. The summed E-state index contributed by atoms with van der Waals surface area (Å²) in [5, 5.41) is 91.8. The molecule has 18 atom stereocenters. The molecule has 848 valence electrons. The van der Waals surface area contributed by atoms with Crippen LogP contribution >= 0.6 is 0 Å². The van der Waals surface area contributed by atoms with Gasteiger partial charge < -0.3 is 107 Å². The summed E-state index contributed by atoms with van der Waals surface area (Å²) in [5.41, 5.74) is 0. The van der Waals surface area contributed by atoms with E-state index >= 15 is 19.2 Å². The summed E-state index contributed by atoms with van der Waals surface area (Å²) in [6, 6.07) is -15.3. The van der Waals surface area contributed by atoms with Crippen LogP contribution in [0.1, 0.15) is 278 Å². The van der Waals surface area contributed by atoms with Crippen molar-refractivity contribution in [2.45, 2.75) is 345 Å². The molecule has 1 fully saturated rings. The minimum atomic E-state index is -1.97. The Bertz CT molecular complexity index is 4730. The van der Waals surface area contributed by atoms with E-state index in [0.29, 0.717) is 0 Å². The Kier molecular flexibility index (Phi) is 59.1. The quantitative estimate of drug-likeness (QED) is 0.0412. The highest BCUT2D eigenvalue weighted by atomic mass is 16.4. The van der Waals surface area contributed by atoms with Crippen molar-refractivity contribution in [2.24, 2.45) is 76.9 Å². The summed E-state index contributed by atoms with van der Waals surface area (Å²) in [5.74, 6) is -39.4. The van der Waals surface area contributed by atoms with Crippen molar-refractivity contribution in [2.75, 3.05) is 75.5 Å². The molecule has 13 amide bonds. The summed E-state index contributed by atoms with van der Waals surface area (Å²) in [6.45, 7) is 25.7. The van der Waals surface area contributed by atoms with Crippen LogP contribution in [-0.4, -0.2) is 375 Å². The number of nitrogens with one attached hydrogen (secondary N) is 5. The minimum Gasteiger partial charge on any atom is -0.481 e. The lowest BCUT2D eigenvalue weighted by atomic mass is 9.84. The average molecular weight is 2130 g/mol. The maximum Gasteiger partial charge on any atom is 0.322 e. The largest absolute Gasteiger partial charge is 0.481 e. The lowest BCUT2D eigenvalue weighted by molar-refractivity contribution is -0.157. The van der Waals surface area contributed by atoms with Gasteiger partial charge in [-0.2, -0.15) is 0 Å². The van der Waals surface area contributed by atoms with Crippen molar-refractivity contribution in [3.05, 3.63) is 0 Å². The lowest BCUT2D eigenvalue weighted by Crippen LogP contribution is -2.62. The molecule has 1 aliphatic rings. The first kappa shape index (κ1) is 135. The van der Waals surface area contributed by atoms with Gasteiger partial charge in [-0.15, -0.1) is 0 Å². The number of carboxylic acid groups (broad SMARTS) is 7. The van der Waals surface area contributed by atoms with Gasteiger partial charge in [0.25, 0.3) is 0 Å². The molecule has 1 aliphatic heterocycles. The van der Waals surface area contributed by atoms with Gasteiger partial charge in [0.2, 0.25) is 76.8 Å². The standard InChI is InChI=1S/C103H167N13O34/c1-25-64-47-81(123)92(115(24)103(150)91(59(12)13)114(23)102(149)75(45-57(8)9)113(22)101(148)74(44-56(6)7)112(21)98(145)62(16)105-94(141)61(15)46-79(121)73(43-55(4)5)111(20)100(147)68(58(10)11)51-80(122)72(42-54(2)3)110(19)83(125)53-109(18)99(64)146)93(140)60(14)38-40-116(63(17)117)41-39-82(124)106-69(29-35-87(132)133)76(118)49-66(27-33-85(128)129)96(143)108-71(31-37-89(136)137)78(120)50-67(28-34-86(130)131)97(144)107-70(30-36-88(134)135)77(119)48-65(26-32-84(126)127)95(142)104-52-90(138)139/h54-62,64-75,91-93,140H,25-53H2,1-24H3,(H,104,142)(H,105,141)(H,106,124)(H,107,144)(H,108,143)(H,126,127)(H,128,129)(H,130,131)(H,132,133)(H,134,135)(H,136,137)(H,138,139)/t60-,61-,62-,64-,65+,66+,67+,68+,69-,70-,71-,72+,73+,74+,75+,91+,92-,93-/m1/s1. The number of rotatable bonds is 54. The number of hydrogen-bond acceptors (Lipinski definition) is 27. The molecule has 1 heterocycles. The van der Waals surface area contributed by atoms with Crippen molar-refractivity contribution < 1.29 is 166 Å². The van der Waals surface area contributed by atoms with Gasteiger partial charge in [0.15, 0.2) is 34.7 Å². The summed E-state index contributed by atoms with van der Waals surface area (Å²) in [7, 11) is 9.37. The third kappa shape index (κ3) is 46.1. The highest BCUT2D eigenvalue weighted by Gasteiger charge is 2.48. The number of hydrogen-bond donors (Lipinski definition) is 13. The first-order valence-corrected chi connectivity index (χ1v) is 51.4. The van der Waals surface area contributed by atoms with Gasteiger partial charge in [0, 0.05) is 188 Å². The fraction of sp³-hybridized carbons (Fsp3) is 0.748. The number of Topliss-reactive ketones (excluding diaryl/α,β-unsaturated/α-hetero) is 6. The molecule has 0 aromatic rings. The van der Waals surface area contributed by atoms with E-state index in [1.807, 2.05) is 33.0 Å². The van der Waals surface area contributed by atoms with Crippen LogP contribution in [0.25, 0.3) is 0 Å². The van der Waals surface area contributed by atoms with Crippen LogP contribution in [0.2, 0.25) is 0 Å². The maximum atomic E-state index is 15.8. The fourth-order valence-corrected chi connectivity index (χ4v) is 18.1. The van der Waals surface area contributed by atoms with Gasteiger partial charge in [-0.1, -0.05) is 104 Å². The normalized spacial score (nSPS) is 21.3. The second-order valence-corrected chi connectivity index (χ2v) is 42.3. The predicted molar refractivity (Wildman–Crippen MR) is 541 cm³/mol. The van der Waals surface area contributed by atoms with Crippen LogP contribution in [0.15, 0.2) is 0 Å².